The van der Waals surface area contributed by atoms with Crippen molar-refractivity contribution in [2.45, 2.75) is 32.9 Å². The molecule has 0 unspecified atom stereocenters. The number of rotatable bonds is 4. The molecule has 0 heterocycles. The Morgan fingerprint density at radius 1 is 1.10 bits per heavy atom. The zero-order chi connectivity index (χ0) is 15.5. The van der Waals surface area contributed by atoms with Gasteiger partial charge in [0.2, 0.25) is 0 Å². The van der Waals surface area contributed by atoms with Crippen LogP contribution in [0.5, 0.6) is 11.5 Å². The standard InChI is InChI=1S/C17H19BrClNO/c1-17(2,3)20-11-12-10-13(18)4-9-16(12)21-15-7-5-14(19)6-8-15/h4-10,20H,11H2,1-3H3. The summed E-state index contributed by atoms with van der Waals surface area (Å²) in [5.41, 5.74) is 1.16. The van der Waals surface area contributed by atoms with E-state index in [2.05, 4.69) is 48.1 Å². The van der Waals surface area contributed by atoms with Gasteiger partial charge in [-0.3, -0.25) is 0 Å². The zero-order valence-electron chi connectivity index (χ0n) is 12.4. The monoisotopic (exact) mass is 367 g/mol. The van der Waals surface area contributed by atoms with Crippen LogP contribution < -0.4 is 10.1 Å². The van der Waals surface area contributed by atoms with Crippen LogP contribution in [0, 0.1) is 0 Å². The number of nitrogens with one attached hydrogen (secondary N) is 1. The molecule has 0 bridgehead atoms. The minimum absolute atomic E-state index is 0.0554. The Balaban J connectivity index is 2.20. The molecular weight excluding hydrogens is 350 g/mol. The average molecular weight is 369 g/mol. The molecule has 0 spiro atoms. The van der Waals surface area contributed by atoms with Gasteiger partial charge < -0.3 is 10.1 Å². The third kappa shape index (κ3) is 5.34. The van der Waals surface area contributed by atoms with E-state index in [-0.39, 0.29) is 5.54 Å². The van der Waals surface area contributed by atoms with Crippen LogP contribution in [0.25, 0.3) is 0 Å². The van der Waals surface area contributed by atoms with E-state index in [4.69, 9.17) is 16.3 Å². The molecule has 2 aromatic carbocycles. The first-order valence-corrected chi connectivity index (χ1v) is 7.97. The first-order chi connectivity index (χ1) is 9.83. The average Bonchev–Trinajstić information content (AvgIpc) is 2.40. The zero-order valence-corrected chi connectivity index (χ0v) is 14.8. The number of halogens is 2. The molecule has 0 saturated heterocycles. The predicted octanol–water partition coefficient (Wildman–Crippen LogP) is 5.78. The highest BCUT2D eigenvalue weighted by Gasteiger charge is 2.12. The lowest BCUT2D eigenvalue weighted by Crippen LogP contribution is -2.35. The summed E-state index contributed by atoms with van der Waals surface area (Å²) >= 11 is 9.41. The maximum absolute atomic E-state index is 5.97. The summed E-state index contributed by atoms with van der Waals surface area (Å²) in [6.07, 6.45) is 0. The SMILES string of the molecule is CC(C)(C)NCc1cc(Br)ccc1Oc1ccc(Cl)cc1. The Labute approximate surface area is 139 Å². The van der Waals surface area contributed by atoms with Crippen LogP contribution in [0.4, 0.5) is 0 Å². The lowest BCUT2D eigenvalue weighted by Gasteiger charge is -2.21. The molecule has 4 heteroatoms. The van der Waals surface area contributed by atoms with Gasteiger partial charge in [-0.1, -0.05) is 27.5 Å². The molecule has 0 aliphatic carbocycles. The summed E-state index contributed by atoms with van der Waals surface area (Å²) in [5.74, 6) is 1.62. The fraction of sp³-hybridized carbons (Fsp3) is 0.294. The van der Waals surface area contributed by atoms with Gasteiger partial charge >= 0.3 is 0 Å². The maximum Gasteiger partial charge on any atom is 0.131 e. The van der Waals surface area contributed by atoms with Gasteiger partial charge in [-0.25, -0.2) is 0 Å². The van der Waals surface area contributed by atoms with Crippen molar-refractivity contribution in [3.05, 3.63) is 57.5 Å². The van der Waals surface area contributed by atoms with Crippen molar-refractivity contribution in [1.29, 1.82) is 0 Å². The van der Waals surface area contributed by atoms with Crippen molar-refractivity contribution in [2.75, 3.05) is 0 Å². The highest BCUT2D eigenvalue weighted by atomic mass is 79.9. The Morgan fingerprint density at radius 3 is 2.38 bits per heavy atom. The summed E-state index contributed by atoms with van der Waals surface area (Å²) in [4.78, 5) is 0. The lowest BCUT2D eigenvalue weighted by atomic mass is 10.1. The molecule has 0 aliphatic heterocycles. The summed E-state index contributed by atoms with van der Waals surface area (Å²) in [6, 6.07) is 13.4. The second-order valence-corrected chi connectivity index (χ2v) is 7.26. The van der Waals surface area contributed by atoms with Gasteiger partial charge in [0.05, 0.1) is 0 Å². The number of hydrogen-bond donors (Lipinski definition) is 1. The highest BCUT2D eigenvalue weighted by Crippen LogP contribution is 2.29. The third-order valence-corrected chi connectivity index (χ3v) is 3.62. The van der Waals surface area contributed by atoms with Crippen LogP contribution in [-0.2, 0) is 6.54 Å². The molecule has 0 radical (unpaired) electrons. The fourth-order valence-electron chi connectivity index (χ4n) is 1.78. The van der Waals surface area contributed by atoms with Crippen molar-refractivity contribution >= 4 is 27.5 Å². The fourth-order valence-corrected chi connectivity index (χ4v) is 2.31. The van der Waals surface area contributed by atoms with Crippen LogP contribution in [0.3, 0.4) is 0 Å². The summed E-state index contributed by atoms with van der Waals surface area (Å²) in [6.45, 7) is 7.17. The molecule has 2 rings (SSSR count). The molecule has 2 nitrogen and oxygen atoms in total. The van der Waals surface area contributed by atoms with Crippen LogP contribution in [0.2, 0.25) is 5.02 Å². The number of benzene rings is 2. The number of hydrogen-bond acceptors (Lipinski definition) is 2. The quantitative estimate of drug-likeness (QED) is 0.738. The van der Waals surface area contributed by atoms with Gasteiger partial charge in [-0.2, -0.15) is 0 Å². The Morgan fingerprint density at radius 2 is 1.76 bits per heavy atom. The van der Waals surface area contributed by atoms with Crippen molar-refractivity contribution in [1.82, 2.24) is 5.32 Å². The maximum atomic E-state index is 5.97. The Kier molecular flexibility index (Phi) is 5.31. The van der Waals surface area contributed by atoms with Crippen LogP contribution >= 0.6 is 27.5 Å². The minimum Gasteiger partial charge on any atom is -0.457 e. The van der Waals surface area contributed by atoms with Crippen molar-refractivity contribution in [2.24, 2.45) is 0 Å². The first kappa shape index (κ1) is 16.3. The van der Waals surface area contributed by atoms with Crippen LogP contribution in [-0.4, -0.2) is 5.54 Å². The molecule has 0 aromatic heterocycles. The van der Waals surface area contributed by atoms with Crippen LogP contribution in [0.15, 0.2) is 46.9 Å². The van der Waals surface area contributed by atoms with E-state index < -0.39 is 0 Å². The van der Waals surface area contributed by atoms with E-state index in [1.54, 1.807) is 0 Å². The second kappa shape index (κ2) is 6.82. The van der Waals surface area contributed by atoms with Crippen molar-refractivity contribution in [3.63, 3.8) is 0 Å². The van der Waals surface area contributed by atoms with E-state index in [1.807, 2.05) is 36.4 Å². The van der Waals surface area contributed by atoms with Gasteiger partial charge in [0.1, 0.15) is 11.5 Å². The molecule has 0 amide bonds. The third-order valence-electron chi connectivity index (χ3n) is 2.87. The van der Waals surface area contributed by atoms with E-state index in [0.717, 1.165) is 28.1 Å². The molecule has 0 aliphatic rings. The van der Waals surface area contributed by atoms with Crippen LogP contribution in [0.1, 0.15) is 26.3 Å². The molecule has 0 saturated carbocycles. The highest BCUT2D eigenvalue weighted by molar-refractivity contribution is 9.10. The van der Waals surface area contributed by atoms with Gasteiger partial charge in [-0.15, -0.1) is 0 Å². The molecule has 1 N–H and O–H groups in total. The number of ether oxygens (including phenoxy) is 1. The smallest absolute Gasteiger partial charge is 0.131 e. The van der Waals surface area contributed by atoms with Crippen molar-refractivity contribution < 1.29 is 4.74 Å². The van der Waals surface area contributed by atoms with E-state index in [1.165, 1.54) is 0 Å². The van der Waals surface area contributed by atoms with E-state index >= 15 is 0 Å². The topological polar surface area (TPSA) is 21.3 Å². The van der Waals surface area contributed by atoms with Gasteiger partial charge in [-0.05, 0) is 63.2 Å². The molecular formula is C17H19BrClNO. The second-order valence-electron chi connectivity index (χ2n) is 5.91. The van der Waals surface area contributed by atoms with E-state index in [0.29, 0.717) is 5.02 Å². The Hall–Kier alpha value is -1.03. The molecule has 2 aromatic rings. The largest absolute Gasteiger partial charge is 0.457 e. The van der Waals surface area contributed by atoms with Crippen molar-refractivity contribution in [3.8, 4) is 11.5 Å². The first-order valence-electron chi connectivity index (χ1n) is 6.80. The van der Waals surface area contributed by atoms with Gasteiger partial charge in [0, 0.05) is 27.1 Å². The minimum atomic E-state index is 0.0554. The summed E-state index contributed by atoms with van der Waals surface area (Å²) < 4.78 is 7.00. The summed E-state index contributed by atoms with van der Waals surface area (Å²) in [5, 5.41) is 4.18. The van der Waals surface area contributed by atoms with Gasteiger partial charge in [0.25, 0.3) is 0 Å². The predicted molar refractivity (Wildman–Crippen MR) is 92.3 cm³/mol. The van der Waals surface area contributed by atoms with E-state index in [9.17, 15) is 0 Å². The van der Waals surface area contributed by atoms with Gasteiger partial charge in [0.15, 0.2) is 0 Å². The molecule has 0 atom stereocenters. The lowest BCUT2D eigenvalue weighted by molar-refractivity contribution is 0.414. The normalized spacial score (nSPS) is 11.5. The summed E-state index contributed by atoms with van der Waals surface area (Å²) in [7, 11) is 0. The molecule has 21 heavy (non-hydrogen) atoms. The molecule has 112 valence electrons. The molecule has 0 fully saturated rings. The Bertz CT molecular complexity index is 605.